The van der Waals surface area contributed by atoms with Gasteiger partial charge in [0.1, 0.15) is 0 Å². The number of rotatable bonds is 6. The first kappa shape index (κ1) is 22.0. The molecule has 4 rings (SSSR count). The summed E-state index contributed by atoms with van der Waals surface area (Å²) in [5.74, 6) is 0.708. The zero-order valence-electron chi connectivity index (χ0n) is 17.4. The summed E-state index contributed by atoms with van der Waals surface area (Å²) in [5, 5.41) is 7.61. The molecule has 2 N–H and O–H groups in total. The van der Waals surface area contributed by atoms with Crippen molar-refractivity contribution in [2.75, 3.05) is 26.3 Å². The number of hydrogen-bond acceptors (Lipinski definition) is 4. The van der Waals surface area contributed by atoms with E-state index in [1.54, 1.807) is 0 Å². The Morgan fingerprint density at radius 1 is 1.11 bits per heavy atom. The Kier molecular flexibility index (Phi) is 8.61. The van der Waals surface area contributed by atoms with E-state index in [-0.39, 0.29) is 12.4 Å². The smallest absolute Gasteiger partial charge is 0.0623 e. The fourth-order valence-corrected chi connectivity index (χ4v) is 5.32. The van der Waals surface area contributed by atoms with Crippen molar-refractivity contribution >= 4 is 12.4 Å². The topological polar surface area (TPSA) is 36.5 Å². The van der Waals surface area contributed by atoms with Crippen LogP contribution in [0.4, 0.5) is 0 Å². The van der Waals surface area contributed by atoms with E-state index >= 15 is 0 Å². The number of likely N-dealkylation sites (tertiary alicyclic amines) is 1. The Hall–Kier alpha value is -0.650. The molecule has 3 aliphatic rings. The number of piperidine rings is 1. The summed E-state index contributed by atoms with van der Waals surface area (Å²) in [7, 11) is 0. The van der Waals surface area contributed by atoms with Gasteiger partial charge in [-0.3, -0.25) is 4.90 Å². The van der Waals surface area contributed by atoms with E-state index in [1.807, 2.05) is 0 Å². The molecule has 158 valence electrons. The van der Waals surface area contributed by atoms with Crippen molar-refractivity contribution in [3.05, 3.63) is 35.4 Å². The van der Waals surface area contributed by atoms with Gasteiger partial charge in [0.25, 0.3) is 0 Å². The lowest BCUT2D eigenvalue weighted by Crippen LogP contribution is -2.50. The van der Waals surface area contributed by atoms with Gasteiger partial charge >= 0.3 is 0 Å². The van der Waals surface area contributed by atoms with Crippen molar-refractivity contribution in [1.29, 1.82) is 0 Å². The highest BCUT2D eigenvalue weighted by atomic mass is 35.5. The van der Waals surface area contributed by atoms with E-state index in [0.29, 0.717) is 18.0 Å². The molecule has 2 heterocycles. The van der Waals surface area contributed by atoms with Gasteiger partial charge in [0.05, 0.1) is 13.2 Å². The summed E-state index contributed by atoms with van der Waals surface area (Å²) in [6.45, 7) is 8.49. The Morgan fingerprint density at radius 2 is 1.96 bits per heavy atom. The van der Waals surface area contributed by atoms with Gasteiger partial charge in [-0.2, -0.15) is 0 Å². The molecule has 0 amide bonds. The van der Waals surface area contributed by atoms with E-state index in [1.165, 1.54) is 56.2 Å². The lowest BCUT2D eigenvalue weighted by molar-refractivity contribution is 0.0524. The minimum absolute atomic E-state index is 0. The van der Waals surface area contributed by atoms with Crippen LogP contribution in [-0.2, 0) is 17.8 Å². The first-order chi connectivity index (χ1) is 13.3. The van der Waals surface area contributed by atoms with Crippen LogP contribution >= 0.6 is 12.4 Å². The predicted molar refractivity (Wildman–Crippen MR) is 118 cm³/mol. The second-order valence-corrected chi connectivity index (χ2v) is 8.80. The van der Waals surface area contributed by atoms with Crippen LogP contribution in [0.3, 0.4) is 0 Å². The Balaban J connectivity index is 0.00000225. The summed E-state index contributed by atoms with van der Waals surface area (Å²) in [5.41, 5.74) is 2.99. The first-order valence-electron chi connectivity index (χ1n) is 11.2. The number of hydrogen-bond donors (Lipinski definition) is 2. The number of benzene rings is 1. The minimum atomic E-state index is 0. The number of nitrogens with zero attached hydrogens (tertiary/aromatic N) is 1. The van der Waals surface area contributed by atoms with Crippen LogP contribution in [0.1, 0.15) is 56.6 Å². The monoisotopic (exact) mass is 407 g/mol. The fraction of sp³-hybridized carbons (Fsp3) is 0.739. The van der Waals surface area contributed by atoms with Crippen molar-refractivity contribution in [3.8, 4) is 0 Å². The quantitative estimate of drug-likeness (QED) is 0.753. The molecule has 1 aliphatic carbocycles. The molecule has 4 unspecified atom stereocenters. The molecule has 28 heavy (non-hydrogen) atoms. The third-order valence-electron chi connectivity index (χ3n) is 7.02. The SMILES string of the molecule is CC1CCCCN1Cc1ccccc1CNC1CCCC1C1COCCN1.Cl. The Morgan fingerprint density at radius 3 is 2.75 bits per heavy atom. The van der Waals surface area contributed by atoms with Crippen molar-refractivity contribution in [1.82, 2.24) is 15.5 Å². The third-order valence-corrected chi connectivity index (χ3v) is 7.02. The molecular weight excluding hydrogens is 370 g/mol. The molecule has 1 aromatic carbocycles. The van der Waals surface area contributed by atoms with Crippen molar-refractivity contribution in [3.63, 3.8) is 0 Å². The number of halogens is 1. The van der Waals surface area contributed by atoms with Crippen LogP contribution in [0, 0.1) is 5.92 Å². The number of nitrogens with one attached hydrogen (secondary N) is 2. The van der Waals surface area contributed by atoms with E-state index in [4.69, 9.17) is 4.74 Å². The van der Waals surface area contributed by atoms with Crippen molar-refractivity contribution in [2.24, 2.45) is 5.92 Å². The summed E-state index contributed by atoms with van der Waals surface area (Å²) in [6.07, 6.45) is 8.06. The Bertz CT molecular complexity index is 593. The summed E-state index contributed by atoms with van der Waals surface area (Å²) >= 11 is 0. The van der Waals surface area contributed by atoms with Crippen LogP contribution in [0.2, 0.25) is 0 Å². The largest absolute Gasteiger partial charge is 0.379 e. The molecular formula is C23H38ClN3O. The van der Waals surface area contributed by atoms with Gasteiger partial charge in [-0.15, -0.1) is 12.4 Å². The zero-order valence-corrected chi connectivity index (χ0v) is 18.2. The molecule has 4 nitrogen and oxygen atoms in total. The maximum Gasteiger partial charge on any atom is 0.0623 e. The van der Waals surface area contributed by atoms with Gasteiger partial charge in [0.15, 0.2) is 0 Å². The van der Waals surface area contributed by atoms with Crippen LogP contribution in [0.25, 0.3) is 0 Å². The normalized spacial score (nSPS) is 31.5. The summed E-state index contributed by atoms with van der Waals surface area (Å²) in [6, 6.07) is 10.9. The van der Waals surface area contributed by atoms with E-state index < -0.39 is 0 Å². The molecule has 0 spiro atoms. The average Bonchev–Trinajstić information content (AvgIpc) is 3.18. The lowest BCUT2D eigenvalue weighted by atomic mass is 9.93. The van der Waals surface area contributed by atoms with Crippen molar-refractivity contribution in [2.45, 2.75) is 76.7 Å². The molecule has 2 saturated heterocycles. The molecule has 0 bridgehead atoms. The van der Waals surface area contributed by atoms with Crippen LogP contribution in [0.15, 0.2) is 24.3 Å². The fourth-order valence-electron chi connectivity index (χ4n) is 5.32. The summed E-state index contributed by atoms with van der Waals surface area (Å²) < 4.78 is 5.72. The molecule has 1 saturated carbocycles. The molecule has 3 fully saturated rings. The summed E-state index contributed by atoms with van der Waals surface area (Å²) in [4.78, 5) is 2.67. The maximum atomic E-state index is 5.72. The molecule has 2 aliphatic heterocycles. The van der Waals surface area contributed by atoms with Crippen molar-refractivity contribution < 1.29 is 4.74 Å². The van der Waals surface area contributed by atoms with Crippen LogP contribution < -0.4 is 10.6 Å². The van der Waals surface area contributed by atoms with Gasteiger partial charge in [0.2, 0.25) is 0 Å². The molecule has 0 radical (unpaired) electrons. The molecule has 4 atom stereocenters. The lowest BCUT2D eigenvalue weighted by Gasteiger charge is -2.34. The maximum absolute atomic E-state index is 5.72. The van der Waals surface area contributed by atoms with Crippen LogP contribution in [0.5, 0.6) is 0 Å². The van der Waals surface area contributed by atoms with Gasteiger partial charge < -0.3 is 15.4 Å². The number of ether oxygens (including phenoxy) is 1. The highest BCUT2D eigenvalue weighted by Crippen LogP contribution is 2.30. The predicted octanol–water partition coefficient (Wildman–Crippen LogP) is 3.73. The molecule has 0 aromatic heterocycles. The highest BCUT2D eigenvalue weighted by molar-refractivity contribution is 5.85. The van der Waals surface area contributed by atoms with Gasteiger partial charge in [-0.25, -0.2) is 0 Å². The first-order valence-corrected chi connectivity index (χ1v) is 11.2. The van der Waals surface area contributed by atoms with E-state index in [0.717, 1.165) is 38.9 Å². The second-order valence-electron chi connectivity index (χ2n) is 8.80. The third kappa shape index (κ3) is 5.48. The van der Waals surface area contributed by atoms with Gasteiger partial charge in [-0.1, -0.05) is 37.1 Å². The average molecular weight is 408 g/mol. The highest BCUT2D eigenvalue weighted by Gasteiger charge is 2.34. The Labute approximate surface area is 177 Å². The van der Waals surface area contributed by atoms with Gasteiger partial charge in [-0.05, 0) is 56.2 Å². The zero-order chi connectivity index (χ0) is 18.5. The minimum Gasteiger partial charge on any atom is -0.379 e. The standard InChI is InChI=1S/C23H37N3O.ClH/c1-18-7-4-5-13-26(18)16-20-9-3-2-8-19(20)15-25-22-11-6-10-21(22)23-17-27-14-12-24-23;/h2-3,8-9,18,21-25H,4-7,10-17H2,1H3;1H. The van der Waals surface area contributed by atoms with Crippen LogP contribution in [-0.4, -0.2) is 49.3 Å². The molecule has 5 heteroatoms. The molecule has 1 aromatic rings. The van der Waals surface area contributed by atoms with Gasteiger partial charge in [0, 0.05) is 37.8 Å². The second kappa shape index (κ2) is 10.9. The van der Waals surface area contributed by atoms with E-state index in [9.17, 15) is 0 Å². The van der Waals surface area contributed by atoms with E-state index in [2.05, 4.69) is 46.7 Å². The number of morpholine rings is 1.